The number of rotatable bonds is 7. The number of nitrogens with one attached hydrogen (secondary N) is 1. The molecule has 126 valence electrons. The lowest BCUT2D eigenvalue weighted by Gasteiger charge is -2.12. The maximum absolute atomic E-state index is 12.4. The van der Waals surface area contributed by atoms with Crippen LogP contribution < -0.4 is 19.5 Å². The van der Waals surface area contributed by atoms with E-state index in [-0.39, 0.29) is 5.91 Å². The Balaban J connectivity index is 2.17. The van der Waals surface area contributed by atoms with Gasteiger partial charge in [-0.2, -0.15) is 0 Å². The van der Waals surface area contributed by atoms with E-state index in [9.17, 15) is 4.79 Å². The molecule has 0 saturated heterocycles. The first-order valence-electron chi connectivity index (χ1n) is 7.15. The van der Waals surface area contributed by atoms with Crippen molar-refractivity contribution in [2.24, 2.45) is 0 Å². The largest absolute Gasteiger partial charge is 0.495 e. The highest BCUT2D eigenvalue weighted by Crippen LogP contribution is 2.30. The Kier molecular flexibility index (Phi) is 6.09. The number of amides is 1. The maximum Gasteiger partial charge on any atom is 0.255 e. The van der Waals surface area contributed by atoms with Gasteiger partial charge in [0.25, 0.3) is 5.91 Å². The summed E-state index contributed by atoms with van der Waals surface area (Å²) in [7, 11) is 3.04. The summed E-state index contributed by atoms with van der Waals surface area (Å²) in [5.74, 6) is 1.27. The van der Waals surface area contributed by atoms with Crippen molar-refractivity contribution in [2.45, 2.75) is 0 Å². The van der Waals surface area contributed by atoms with Gasteiger partial charge in [-0.15, -0.1) is 0 Å². The van der Waals surface area contributed by atoms with Crippen molar-refractivity contribution < 1.29 is 19.0 Å². The number of ether oxygens (including phenoxy) is 3. The van der Waals surface area contributed by atoms with Gasteiger partial charge < -0.3 is 19.5 Å². The summed E-state index contributed by atoms with van der Waals surface area (Å²) in [6.45, 7) is 3.95. The van der Waals surface area contributed by atoms with E-state index in [0.717, 1.165) is 0 Å². The molecule has 5 nitrogen and oxygen atoms in total. The SMILES string of the molecule is C=CCOc1ccc(C(=O)Nc2ccc(OC)c(Cl)c2)cc1OC. The third-order valence-electron chi connectivity index (χ3n) is 3.19. The summed E-state index contributed by atoms with van der Waals surface area (Å²) in [6.07, 6.45) is 1.63. The number of hydrogen-bond donors (Lipinski definition) is 1. The predicted molar refractivity (Wildman–Crippen MR) is 94.6 cm³/mol. The van der Waals surface area contributed by atoms with Gasteiger partial charge >= 0.3 is 0 Å². The minimum Gasteiger partial charge on any atom is -0.495 e. The van der Waals surface area contributed by atoms with Crippen LogP contribution in [0.1, 0.15) is 10.4 Å². The first-order chi connectivity index (χ1) is 11.6. The van der Waals surface area contributed by atoms with Crippen molar-refractivity contribution in [1.29, 1.82) is 0 Å². The van der Waals surface area contributed by atoms with Crippen molar-refractivity contribution >= 4 is 23.2 Å². The van der Waals surface area contributed by atoms with Crippen molar-refractivity contribution in [3.63, 3.8) is 0 Å². The van der Waals surface area contributed by atoms with E-state index in [4.69, 9.17) is 25.8 Å². The zero-order chi connectivity index (χ0) is 17.5. The molecule has 0 unspecified atom stereocenters. The monoisotopic (exact) mass is 347 g/mol. The maximum atomic E-state index is 12.4. The number of halogens is 1. The van der Waals surface area contributed by atoms with Gasteiger partial charge in [0, 0.05) is 11.3 Å². The van der Waals surface area contributed by atoms with E-state index < -0.39 is 0 Å². The van der Waals surface area contributed by atoms with E-state index in [1.165, 1.54) is 14.2 Å². The molecular weight excluding hydrogens is 330 g/mol. The number of benzene rings is 2. The first kappa shape index (κ1) is 17.7. The van der Waals surface area contributed by atoms with Gasteiger partial charge in [0.15, 0.2) is 11.5 Å². The molecule has 1 amide bonds. The Morgan fingerprint density at radius 2 is 1.83 bits per heavy atom. The first-order valence-corrected chi connectivity index (χ1v) is 7.53. The summed E-state index contributed by atoms with van der Waals surface area (Å²) >= 11 is 6.06. The molecular formula is C18H18ClNO4. The molecule has 24 heavy (non-hydrogen) atoms. The highest BCUT2D eigenvalue weighted by Gasteiger charge is 2.12. The van der Waals surface area contributed by atoms with E-state index >= 15 is 0 Å². The Morgan fingerprint density at radius 3 is 2.46 bits per heavy atom. The van der Waals surface area contributed by atoms with Crippen molar-refractivity contribution in [3.8, 4) is 17.2 Å². The van der Waals surface area contributed by atoms with Crippen LogP contribution in [0.3, 0.4) is 0 Å². The lowest BCUT2D eigenvalue weighted by molar-refractivity contribution is 0.102. The molecule has 1 N–H and O–H groups in total. The van der Waals surface area contributed by atoms with Crippen LogP contribution in [0.5, 0.6) is 17.2 Å². The fraction of sp³-hybridized carbons (Fsp3) is 0.167. The summed E-state index contributed by atoms with van der Waals surface area (Å²) in [5.41, 5.74) is 1.00. The summed E-state index contributed by atoms with van der Waals surface area (Å²) in [5, 5.41) is 3.19. The Labute approximate surface area is 145 Å². The van der Waals surface area contributed by atoms with Gasteiger partial charge in [0.2, 0.25) is 0 Å². The van der Waals surface area contributed by atoms with Crippen LogP contribution in [-0.2, 0) is 0 Å². The molecule has 0 aromatic heterocycles. The average Bonchev–Trinajstić information content (AvgIpc) is 2.59. The fourth-order valence-corrected chi connectivity index (χ4v) is 2.28. The lowest BCUT2D eigenvalue weighted by Crippen LogP contribution is -2.12. The lowest BCUT2D eigenvalue weighted by atomic mass is 10.1. The fourth-order valence-electron chi connectivity index (χ4n) is 2.02. The molecule has 2 aromatic rings. The minimum atomic E-state index is -0.287. The van der Waals surface area contributed by atoms with Gasteiger partial charge in [-0.1, -0.05) is 24.3 Å². The highest BCUT2D eigenvalue weighted by atomic mass is 35.5. The van der Waals surface area contributed by atoms with Crippen molar-refractivity contribution in [1.82, 2.24) is 0 Å². The molecule has 2 rings (SSSR count). The van der Waals surface area contributed by atoms with Crippen LogP contribution in [0.15, 0.2) is 49.1 Å². The van der Waals surface area contributed by atoms with Gasteiger partial charge in [-0.05, 0) is 36.4 Å². The van der Waals surface area contributed by atoms with E-state index in [0.29, 0.717) is 40.1 Å². The molecule has 0 spiro atoms. The van der Waals surface area contributed by atoms with Gasteiger partial charge in [0.1, 0.15) is 12.4 Å². The smallest absolute Gasteiger partial charge is 0.255 e. The summed E-state index contributed by atoms with van der Waals surface area (Å²) in [6, 6.07) is 9.96. The molecule has 0 aliphatic carbocycles. The van der Waals surface area contributed by atoms with E-state index in [1.807, 2.05) is 0 Å². The normalized spacial score (nSPS) is 9.96. The molecule has 6 heteroatoms. The molecule has 0 radical (unpaired) electrons. The van der Waals surface area contributed by atoms with Gasteiger partial charge in [-0.3, -0.25) is 4.79 Å². The topological polar surface area (TPSA) is 56.8 Å². The molecule has 0 aliphatic rings. The molecule has 2 aromatic carbocycles. The van der Waals surface area contributed by atoms with E-state index in [1.54, 1.807) is 42.5 Å². The number of carbonyl (C=O) groups excluding carboxylic acids is 1. The molecule has 0 heterocycles. The second-order valence-corrected chi connectivity index (χ2v) is 5.18. The number of carbonyl (C=O) groups is 1. The van der Waals surface area contributed by atoms with Crippen molar-refractivity contribution in [3.05, 3.63) is 59.6 Å². The Bertz CT molecular complexity index is 746. The van der Waals surface area contributed by atoms with Crippen LogP contribution in [-0.4, -0.2) is 26.7 Å². The number of anilines is 1. The van der Waals surface area contributed by atoms with Gasteiger partial charge in [-0.25, -0.2) is 0 Å². The van der Waals surface area contributed by atoms with E-state index in [2.05, 4.69) is 11.9 Å². The number of hydrogen-bond acceptors (Lipinski definition) is 4. The van der Waals surface area contributed by atoms with Crippen LogP contribution in [0.25, 0.3) is 0 Å². The molecule has 0 atom stereocenters. The minimum absolute atomic E-state index is 0.287. The molecule has 0 aliphatic heterocycles. The Morgan fingerprint density at radius 1 is 1.12 bits per heavy atom. The highest BCUT2D eigenvalue weighted by molar-refractivity contribution is 6.32. The standard InChI is InChI=1S/C18H18ClNO4/c1-4-9-24-16-7-5-12(10-17(16)23-3)18(21)20-13-6-8-15(22-2)14(19)11-13/h4-8,10-11H,1,9H2,2-3H3,(H,20,21). The Hall–Kier alpha value is -2.66. The second-order valence-electron chi connectivity index (χ2n) is 4.77. The third-order valence-corrected chi connectivity index (χ3v) is 3.49. The van der Waals surface area contributed by atoms with Crippen LogP contribution in [0.4, 0.5) is 5.69 Å². The zero-order valence-electron chi connectivity index (χ0n) is 13.5. The second kappa shape index (κ2) is 8.26. The third kappa shape index (κ3) is 4.20. The molecule has 0 bridgehead atoms. The van der Waals surface area contributed by atoms with Crippen LogP contribution >= 0.6 is 11.6 Å². The quantitative estimate of drug-likeness (QED) is 0.763. The molecule has 0 saturated carbocycles. The average molecular weight is 348 g/mol. The van der Waals surface area contributed by atoms with Gasteiger partial charge in [0.05, 0.1) is 19.2 Å². The number of methoxy groups -OCH3 is 2. The van der Waals surface area contributed by atoms with Crippen LogP contribution in [0.2, 0.25) is 5.02 Å². The van der Waals surface area contributed by atoms with Crippen molar-refractivity contribution in [2.75, 3.05) is 26.1 Å². The zero-order valence-corrected chi connectivity index (χ0v) is 14.2. The summed E-state index contributed by atoms with van der Waals surface area (Å²) < 4.78 is 15.8. The predicted octanol–water partition coefficient (Wildman–Crippen LogP) is 4.17. The van der Waals surface area contributed by atoms with Crippen LogP contribution in [0, 0.1) is 0 Å². The molecule has 0 fully saturated rings. The summed E-state index contributed by atoms with van der Waals surface area (Å²) in [4.78, 5) is 12.4.